The Bertz CT molecular complexity index is 555. The summed E-state index contributed by atoms with van der Waals surface area (Å²) in [5.74, 6) is -0.642. The van der Waals surface area contributed by atoms with E-state index >= 15 is 0 Å². The van der Waals surface area contributed by atoms with Crippen LogP contribution in [0.3, 0.4) is 0 Å². The molecule has 0 aliphatic carbocycles. The second-order valence-electron chi connectivity index (χ2n) is 3.67. The van der Waals surface area contributed by atoms with Gasteiger partial charge in [-0.05, 0) is 24.3 Å². The number of ether oxygens (including phenoxy) is 1. The topological polar surface area (TPSA) is 38.3 Å². The van der Waals surface area contributed by atoms with Crippen molar-refractivity contribution >= 4 is 11.6 Å². The van der Waals surface area contributed by atoms with Gasteiger partial charge in [0.2, 0.25) is 0 Å². The van der Waals surface area contributed by atoms with Crippen molar-refractivity contribution in [3.05, 3.63) is 59.9 Å². The van der Waals surface area contributed by atoms with Gasteiger partial charge >= 0.3 is 0 Å². The van der Waals surface area contributed by atoms with Crippen molar-refractivity contribution < 1.29 is 13.9 Å². The molecule has 0 aromatic heterocycles. The van der Waals surface area contributed by atoms with E-state index in [-0.39, 0.29) is 11.7 Å². The fourth-order valence-corrected chi connectivity index (χ4v) is 1.54. The molecule has 0 fully saturated rings. The standard InChI is InChI=1S/C14H12FNO2/c1-18-13-8-7-11(9-12(13)15)16-14(17)10-5-3-2-4-6-10/h2-9H,1H3,(H,16,17). The number of anilines is 1. The van der Waals surface area contributed by atoms with Gasteiger partial charge in [-0.15, -0.1) is 0 Å². The quantitative estimate of drug-likeness (QED) is 0.902. The summed E-state index contributed by atoms with van der Waals surface area (Å²) in [5, 5.41) is 2.62. The van der Waals surface area contributed by atoms with Crippen molar-refractivity contribution in [3.63, 3.8) is 0 Å². The van der Waals surface area contributed by atoms with Gasteiger partial charge in [-0.2, -0.15) is 0 Å². The summed E-state index contributed by atoms with van der Waals surface area (Å²) in [6, 6.07) is 13.0. The zero-order valence-electron chi connectivity index (χ0n) is 9.81. The summed E-state index contributed by atoms with van der Waals surface area (Å²) >= 11 is 0. The lowest BCUT2D eigenvalue weighted by Crippen LogP contribution is -2.11. The summed E-state index contributed by atoms with van der Waals surface area (Å²) in [5.41, 5.74) is 0.913. The van der Waals surface area contributed by atoms with E-state index in [0.717, 1.165) is 0 Å². The van der Waals surface area contributed by atoms with Crippen molar-refractivity contribution in [1.29, 1.82) is 0 Å². The molecule has 3 nitrogen and oxygen atoms in total. The molecule has 0 spiro atoms. The first kappa shape index (κ1) is 12.1. The van der Waals surface area contributed by atoms with Crippen LogP contribution in [0.25, 0.3) is 0 Å². The van der Waals surface area contributed by atoms with E-state index < -0.39 is 5.82 Å². The Morgan fingerprint density at radius 3 is 2.50 bits per heavy atom. The third-order valence-electron chi connectivity index (χ3n) is 2.45. The summed E-state index contributed by atoms with van der Waals surface area (Å²) in [4.78, 5) is 11.8. The Hall–Kier alpha value is -2.36. The van der Waals surface area contributed by atoms with Crippen LogP contribution in [-0.4, -0.2) is 13.0 Å². The predicted molar refractivity (Wildman–Crippen MR) is 67.3 cm³/mol. The molecule has 0 unspecified atom stereocenters. The summed E-state index contributed by atoms with van der Waals surface area (Å²) < 4.78 is 18.2. The van der Waals surface area contributed by atoms with E-state index in [9.17, 15) is 9.18 Å². The number of amides is 1. The van der Waals surface area contributed by atoms with Crippen LogP contribution >= 0.6 is 0 Å². The van der Waals surface area contributed by atoms with Gasteiger partial charge in [0.05, 0.1) is 7.11 Å². The molecule has 2 aromatic rings. The van der Waals surface area contributed by atoms with Gasteiger partial charge in [0.1, 0.15) is 0 Å². The number of carbonyl (C=O) groups excluding carboxylic acids is 1. The van der Waals surface area contributed by atoms with Crippen LogP contribution in [0.5, 0.6) is 5.75 Å². The Morgan fingerprint density at radius 2 is 1.89 bits per heavy atom. The molecule has 0 saturated heterocycles. The highest BCUT2D eigenvalue weighted by Crippen LogP contribution is 2.20. The number of hydrogen-bond donors (Lipinski definition) is 1. The molecule has 0 radical (unpaired) electrons. The van der Waals surface area contributed by atoms with Crippen LogP contribution in [0, 0.1) is 5.82 Å². The first-order valence-electron chi connectivity index (χ1n) is 5.40. The SMILES string of the molecule is COc1ccc(NC(=O)c2ccccc2)cc1F. The van der Waals surface area contributed by atoms with E-state index in [0.29, 0.717) is 11.3 Å². The van der Waals surface area contributed by atoms with E-state index in [2.05, 4.69) is 5.32 Å². The zero-order chi connectivity index (χ0) is 13.0. The van der Waals surface area contributed by atoms with Gasteiger partial charge in [0.25, 0.3) is 5.91 Å². The lowest BCUT2D eigenvalue weighted by Gasteiger charge is -2.07. The number of halogens is 1. The number of methoxy groups -OCH3 is 1. The fourth-order valence-electron chi connectivity index (χ4n) is 1.54. The lowest BCUT2D eigenvalue weighted by molar-refractivity contribution is 0.102. The lowest BCUT2D eigenvalue weighted by atomic mass is 10.2. The normalized spacial score (nSPS) is 9.89. The van der Waals surface area contributed by atoms with Crippen LogP contribution in [0.1, 0.15) is 10.4 Å². The van der Waals surface area contributed by atoms with Gasteiger partial charge < -0.3 is 10.1 Å². The maximum atomic E-state index is 13.4. The maximum absolute atomic E-state index is 13.4. The Labute approximate surface area is 104 Å². The molecule has 0 saturated carbocycles. The third kappa shape index (κ3) is 2.66. The monoisotopic (exact) mass is 245 g/mol. The molecular formula is C14H12FNO2. The van der Waals surface area contributed by atoms with Gasteiger partial charge in [-0.1, -0.05) is 18.2 Å². The predicted octanol–water partition coefficient (Wildman–Crippen LogP) is 3.09. The van der Waals surface area contributed by atoms with Gasteiger partial charge in [-0.3, -0.25) is 4.79 Å². The molecule has 0 atom stereocenters. The first-order chi connectivity index (χ1) is 8.70. The third-order valence-corrected chi connectivity index (χ3v) is 2.45. The van der Waals surface area contributed by atoms with Crippen molar-refractivity contribution in [2.75, 3.05) is 12.4 Å². The summed E-state index contributed by atoms with van der Waals surface area (Å²) in [6.45, 7) is 0. The number of hydrogen-bond acceptors (Lipinski definition) is 2. The molecule has 0 aliphatic rings. The highest BCUT2D eigenvalue weighted by atomic mass is 19.1. The highest BCUT2D eigenvalue weighted by Gasteiger charge is 2.07. The van der Waals surface area contributed by atoms with E-state index in [1.165, 1.54) is 19.2 Å². The smallest absolute Gasteiger partial charge is 0.255 e. The van der Waals surface area contributed by atoms with Crippen molar-refractivity contribution in [3.8, 4) is 5.75 Å². The van der Waals surface area contributed by atoms with Crippen LogP contribution in [-0.2, 0) is 0 Å². The van der Waals surface area contributed by atoms with Crippen LogP contribution < -0.4 is 10.1 Å². The molecule has 2 aromatic carbocycles. The average molecular weight is 245 g/mol. The minimum absolute atomic E-state index is 0.146. The average Bonchev–Trinajstić information content (AvgIpc) is 2.40. The van der Waals surface area contributed by atoms with E-state index in [1.807, 2.05) is 6.07 Å². The van der Waals surface area contributed by atoms with Crippen molar-refractivity contribution in [1.82, 2.24) is 0 Å². The van der Waals surface area contributed by atoms with Crippen LogP contribution in [0.4, 0.5) is 10.1 Å². The maximum Gasteiger partial charge on any atom is 0.255 e. The highest BCUT2D eigenvalue weighted by molar-refractivity contribution is 6.04. The second-order valence-corrected chi connectivity index (χ2v) is 3.67. The Balaban J connectivity index is 2.15. The van der Waals surface area contributed by atoms with Crippen molar-refractivity contribution in [2.45, 2.75) is 0 Å². The number of nitrogens with one attached hydrogen (secondary N) is 1. The van der Waals surface area contributed by atoms with Crippen LogP contribution in [0.2, 0.25) is 0 Å². The first-order valence-corrected chi connectivity index (χ1v) is 5.40. The minimum atomic E-state index is -0.511. The number of benzene rings is 2. The van der Waals surface area contributed by atoms with E-state index in [4.69, 9.17) is 4.74 Å². The molecule has 0 bridgehead atoms. The summed E-state index contributed by atoms with van der Waals surface area (Å²) in [6.07, 6.45) is 0. The zero-order valence-corrected chi connectivity index (χ0v) is 9.81. The molecular weight excluding hydrogens is 233 g/mol. The van der Waals surface area contributed by atoms with Gasteiger partial charge in [-0.25, -0.2) is 4.39 Å². The van der Waals surface area contributed by atoms with Crippen molar-refractivity contribution in [2.24, 2.45) is 0 Å². The van der Waals surface area contributed by atoms with E-state index in [1.54, 1.807) is 30.3 Å². The molecule has 1 amide bonds. The number of carbonyl (C=O) groups is 1. The molecule has 4 heteroatoms. The fraction of sp³-hybridized carbons (Fsp3) is 0.0714. The Kier molecular flexibility index (Phi) is 3.57. The molecule has 1 N–H and O–H groups in total. The summed E-state index contributed by atoms with van der Waals surface area (Å²) in [7, 11) is 1.39. The molecule has 0 heterocycles. The number of rotatable bonds is 3. The largest absolute Gasteiger partial charge is 0.494 e. The van der Waals surface area contributed by atoms with Crippen LogP contribution in [0.15, 0.2) is 48.5 Å². The minimum Gasteiger partial charge on any atom is -0.494 e. The Morgan fingerprint density at radius 1 is 1.17 bits per heavy atom. The molecule has 0 aliphatic heterocycles. The van der Waals surface area contributed by atoms with Gasteiger partial charge in [0, 0.05) is 17.3 Å². The second kappa shape index (κ2) is 5.31. The van der Waals surface area contributed by atoms with Gasteiger partial charge in [0.15, 0.2) is 11.6 Å². The molecule has 18 heavy (non-hydrogen) atoms. The molecule has 92 valence electrons. The molecule has 2 rings (SSSR count).